The van der Waals surface area contributed by atoms with Crippen LogP contribution in [0.15, 0.2) is 34.0 Å². The van der Waals surface area contributed by atoms with Gasteiger partial charge in [0.05, 0.1) is 17.5 Å². The average molecular weight is 302 g/mol. The molecule has 0 unspecified atom stereocenters. The largest absolute Gasteiger partial charge is 0.462 e. The highest BCUT2D eigenvalue weighted by Crippen LogP contribution is 2.11. The van der Waals surface area contributed by atoms with Gasteiger partial charge in [-0.25, -0.2) is 4.79 Å². The van der Waals surface area contributed by atoms with E-state index in [0.717, 1.165) is 6.20 Å². The molecule has 0 saturated carbocycles. The van der Waals surface area contributed by atoms with Crippen LogP contribution in [0.3, 0.4) is 0 Å². The third kappa shape index (κ3) is 3.03. The molecule has 2 rings (SSSR count). The van der Waals surface area contributed by atoms with E-state index in [-0.39, 0.29) is 34.7 Å². The topological polar surface area (TPSA) is 105 Å². The lowest BCUT2D eigenvalue weighted by Gasteiger charge is -2.02. The molecule has 7 heteroatoms. The van der Waals surface area contributed by atoms with E-state index in [9.17, 15) is 19.2 Å². The summed E-state index contributed by atoms with van der Waals surface area (Å²) in [6.07, 6.45) is 1.15. The number of pyridine rings is 1. The second kappa shape index (κ2) is 6.21. The lowest BCUT2D eigenvalue weighted by molar-refractivity contribution is -0.114. The van der Waals surface area contributed by atoms with Crippen LogP contribution in [0.5, 0.6) is 0 Å². The molecule has 0 aliphatic carbocycles. The van der Waals surface area contributed by atoms with Crippen molar-refractivity contribution in [1.29, 1.82) is 0 Å². The number of amides is 1. The first kappa shape index (κ1) is 15.4. The predicted molar refractivity (Wildman–Crippen MR) is 81.1 cm³/mol. The number of carbonyl (C=O) groups excluding carboxylic acids is 2. The number of anilines is 1. The van der Waals surface area contributed by atoms with E-state index in [1.165, 1.54) is 25.1 Å². The van der Waals surface area contributed by atoms with E-state index in [1.807, 2.05) is 0 Å². The number of rotatable bonds is 3. The van der Waals surface area contributed by atoms with E-state index in [2.05, 4.69) is 10.3 Å². The van der Waals surface area contributed by atoms with Crippen molar-refractivity contribution in [2.24, 2.45) is 0 Å². The molecule has 0 saturated heterocycles. The maximum Gasteiger partial charge on any atom is 0.343 e. The summed E-state index contributed by atoms with van der Waals surface area (Å²) >= 11 is 0. The minimum atomic E-state index is -0.773. The quantitative estimate of drug-likeness (QED) is 0.824. The number of esters is 1. The molecule has 0 atom stereocenters. The van der Waals surface area contributed by atoms with Gasteiger partial charge in [-0.1, -0.05) is 0 Å². The van der Waals surface area contributed by atoms with Crippen molar-refractivity contribution in [2.75, 3.05) is 11.9 Å². The minimum absolute atomic E-state index is 0.00398. The summed E-state index contributed by atoms with van der Waals surface area (Å²) in [5.74, 6) is -1.12. The fourth-order valence-corrected chi connectivity index (χ4v) is 1.98. The smallest absolute Gasteiger partial charge is 0.343 e. The summed E-state index contributed by atoms with van der Waals surface area (Å²) in [6.45, 7) is 3.06. The fraction of sp³-hybridized carbons (Fsp3) is 0.200. The first-order valence-corrected chi connectivity index (χ1v) is 6.58. The summed E-state index contributed by atoms with van der Waals surface area (Å²) in [6, 6.07) is 3.97. The molecule has 0 aliphatic heterocycles. The Labute approximate surface area is 124 Å². The Hall–Kier alpha value is -2.96. The number of carbonyl (C=O) groups is 2. The van der Waals surface area contributed by atoms with Gasteiger partial charge in [0.1, 0.15) is 5.56 Å². The van der Waals surface area contributed by atoms with Gasteiger partial charge < -0.3 is 15.0 Å². The molecule has 1 heterocycles. The van der Waals surface area contributed by atoms with E-state index in [1.54, 1.807) is 6.92 Å². The predicted octanol–water partition coefficient (Wildman–Crippen LogP) is 1.02. The number of aromatic nitrogens is 1. The van der Waals surface area contributed by atoms with Crippen molar-refractivity contribution >= 4 is 28.5 Å². The second-order valence-corrected chi connectivity index (χ2v) is 4.52. The van der Waals surface area contributed by atoms with Crippen LogP contribution < -0.4 is 16.2 Å². The van der Waals surface area contributed by atoms with Crippen molar-refractivity contribution < 1.29 is 14.3 Å². The molecule has 114 valence electrons. The Balaban J connectivity index is 2.76. The summed E-state index contributed by atoms with van der Waals surface area (Å²) in [4.78, 5) is 49.9. The van der Waals surface area contributed by atoms with Crippen molar-refractivity contribution in [3.8, 4) is 0 Å². The molecule has 0 radical (unpaired) electrons. The van der Waals surface area contributed by atoms with Crippen LogP contribution in [-0.2, 0) is 9.53 Å². The van der Waals surface area contributed by atoms with Gasteiger partial charge in [0.25, 0.3) is 0 Å². The maximum absolute atomic E-state index is 12.4. The summed E-state index contributed by atoms with van der Waals surface area (Å²) in [5, 5.41) is 2.50. The molecule has 1 amide bonds. The van der Waals surface area contributed by atoms with Crippen LogP contribution in [0.1, 0.15) is 24.2 Å². The van der Waals surface area contributed by atoms with Gasteiger partial charge >= 0.3 is 5.97 Å². The maximum atomic E-state index is 12.4. The molecule has 1 aromatic heterocycles. The van der Waals surface area contributed by atoms with Crippen molar-refractivity contribution in [3.05, 3.63) is 50.4 Å². The van der Waals surface area contributed by atoms with Crippen molar-refractivity contribution in [3.63, 3.8) is 0 Å². The SMILES string of the molecule is CCOC(=O)c1c[nH]c2c(=O)ccc(NC(C)=O)cc2c1=O. The molecule has 0 fully saturated rings. The third-order valence-corrected chi connectivity index (χ3v) is 2.90. The Bertz CT molecular complexity index is 870. The molecule has 0 bridgehead atoms. The highest BCUT2D eigenvalue weighted by molar-refractivity contribution is 5.95. The fourth-order valence-electron chi connectivity index (χ4n) is 1.98. The average Bonchev–Trinajstić information content (AvgIpc) is 2.60. The highest BCUT2D eigenvalue weighted by Gasteiger charge is 2.15. The van der Waals surface area contributed by atoms with Crippen LogP contribution in [0.25, 0.3) is 10.9 Å². The Morgan fingerprint density at radius 3 is 2.64 bits per heavy atom. The van der Waals surface area contributed by atoms with E-state index in [0.29, 0.717) is 0 Å². The molecular weight excluding hydrogens is 288 g/mol. The van der Waals surface area contributed by atoms with Gasteiger partial charge in [-0.15, -0.1) is 0 Å². The first-order valence-electron chi connectivity index (χ1n) is 6.58. The molecule has 1 aromatic carbocycles. The summed E-state index contributed by atoms with van der Waals surface area (Å²) in [7, 11) is 0. The zero-order valence-corrected chi connectivity index (χ0v) is 12.1. The van der Waals surface area contributed by atoms with Crippen LogP contribution >= 0.6 is 0 Å². The Morgan fingerprint density at radius 1 is 1.27 bits per heavy atom. The Kier molecular flexibility index (Phi) is 4.36. The summed E-state index contributed by atoms with van der Waals surface area (Å²) in [5.41, 5.74) is -0.930. The normalized spacial score (nSPS) is 10.3. The number of aromatic amines is 1. The van der Waals surface area contributed by atoms with Gasteiger partial charge in [-0.05, 0) is 25.1 Å². The lowest BCUT2D eigenvalue weighted by Crippen LogP contribution is -2.19. The number of fused-ring (bicyclic) bond motifs is 1. The van der Waals surface area contributed by atoms with Gasteiger partial charge in [0.15, 0.2) is 0 Å². The molecule has 2 N–H and O–H groups in total. The number of H-pyrrole nitrogens is 1. The van der Waals surface area contributed by atoms with Gasteiger partial charge in [0.2, 0.25) is 16.8 Å². The molecule has 22 heavy (non-hydrogen) atoms. The molecular formula is C15H14N2O5. The zero-order chi connectivity index (χ0) is 16.3. The second-order valence-electron chi connectivity index (χ2n) is 4.52. The highest BCUT2D eigenvalue weighted by atomic mass is 16.5. The van der Waals surface area contributed by atoms with Gasteiger partial charge in [-0.3, -0.25) is 14.4 Å². The zero-order valence-electron chi connectivity index (χ0n) is 12.1. The first-order chi connectivity index (χ1) is 10.4. The van der Waals surface area contributed by atoms with Crippen molar-refractivity contribution in [2.45, 2.75) is 13.8 Å². The Morgan fingerprint density at radius 2 is 2.00 bits per heavy atom. The molecule has 7 nitrogen and oxygen atoms in total. The monoisotopic (exact) mass is 302 g/mol. The number of nitrogens with one attached hydrogen (secondary N) is 2. The standard InChI is InChI=1S/C15H14N2O5/c1-3-22-15(21)11-7-16-13-10(14(11)20)6-9(17-8(2)18)4-5-12(13)19/h4-7H,3H2,1-2H3,(H,16,20)(H,17,18). The summed E-state index contributed by atoms with van der Waals surface area (Å²) < 4.78 is 4.80. The molecule has 0 aliphatic rings. The van der Waals surface area contributed by atoms with E-state index >= 15 is 0 Å². The number of hydrogen-bond acceptors (Lipinski definition) is 5. The van der Waals surface area contributed by atoms with Crippen LogP contribution in [0.4, 0.5) is 5.69 Å². The van der Waals surface area contributed by atoms with Crippen molar-refractivity contribution in [1.82, 2.24) is 4.98 Å². The number of ether oxygens (including phenoxy) is 1. The van der Waals surface area contributed by atoms with Gasteiger partial charge in [0, 0.05) is 18.8 Å². The third-order valence-electron chi connectivity index (χ3n) is 2.90. The van der Waals surface area contributed by atoms with Crippen LogP contribution in [0.2, 0.25) is 0 Å². The van der Waals surface area contributed by atoms with E-state index < -0.39 is 16.8 Å². The van der Waals surface area contributed by atoms with Gasteiger partial charge in [-0.2, -0.15) is 0 Å². The number of hydrogen-bond donors (Lipinski definition) is 2. The minimum Gasteiger partial charge on any atom is -0.462 e. The van der Waals surface area contributed by atoms with E-state index in [4.69, 9.17) is 4.74 Å². The lowest BCUT2D eigenvalue weighted by atomic mass is 10.2. The molecule has 0 spiro atoms. The molecule has 2 aromatic rings. The van der Waals surface area contributed by atoms with Crippen LogP contribution in [-0.4, -0.2) is 23.5 Å². The van der Waals surface area contributed by atoms with Crippen LogP contribution in [0, 0.1) is 0 Å².